The van der Waals surface area contributed by atoms with Gasteiger partial charge in [0.1, 0.15) is 11.4 Å². The summed E-state index contributed by atoms with van der Waals surface area (Å²) in [6.07, 6.45) is 2.64. The third kappa shape index (κ3) is 3.21. The fraction of sp³-hybridized carbons (Fsp3) is 0.600. The van der Waals surface area contributed by atoms with Gasteiger partial charge in [0, 0.05) is 18.7 Å². The van der Waals surface area contributed by atoms with Crippen LogP contribution in [-0.4, -0.2) is 34.1 Å². The lowest BCUT2D eigenvalue weighted by molar-refractivity contribution is -0.999. The SMILES string of the molecule is CC(C)C(Nc1ccccn1)[NH+]([O-])N1CCCC1(C)C(N)=O. The first-order valence-corrected chi connectivity index (χ1v) is 7.65. The number of amides is 1. The van der Waals surface area contributed by atoms with Crippen molar-refractivity contribution in [2.45, 2.75) is 45.3 Å². The number of hydroxylamine groups is 1. The number of carbonyl (C=O) groups is 1. The van der Waals surface area contributed by atoms with Gasteiger partial charge < -0.3 is 16.3 Å². The van der Waals surface area contributed by atoms with Gasteiger partial charge in [0.15, 0.2) is 6.17 Å². The molecule has 7 nitrogen and oxygen atoms in total. The van der Waals surface area contributed by atoms with Gasteiger partial charge in [-0.2, -0.15) is 0 Å². The number of nitrogens with two attached hydrogens (primary N) is 1. The Morgan fingerprint density at radius 1 is 1.55 bits per heavy atom. The Kier molecular flexibility index (Phi) is 5.00. The van der Waals surface area contributed by atoms with Crippen LogP contribution in [0, 0.1) is 11.1 Å². The molecule has 2 heterocycles. The Morgan fingerprint density at radius 2 is 2.27 bits per heavy atom. The zero-order valence-electron chi connectivity index (χ0n) is 13.4. The molecule has 0 bridgehead atoms. The highest BCUT2D eigenvalue weighted by Gasteiger charge is 2.47. The number of hydrogen-bond acceptors (Lipinski definition) is 5. The first-order chi connectivity index (χ1) is 10.4. The van der Waals surface area contributed by atoms with Crippen molar-refractivity contribution < 1.29 is 9.97 Å². The number of hydrogen-bond donors (Lipinski definition) is 3. The second-order valence-corrected chi connectivity index (χ2v) is 6.31. The van der Waals surface area contributed by atoms with Crippen LogP contribution in [0.25, 0.3) is 0 Å². The van der Waals surface area contributed by atoms with E-state index in [4.69, 9.17) is 5.73 Å². The Bertz CT molecular complexity index is 510. The Hall–Kier alpha value is -1.70. The van der Waals surface area contributed by atoms with Gasteiger partial charge in [-0.3, -0.25) is 9.97 Å². The van der Waals surface area contributed by atoms with E-state index in [1.54, 1.807) is 18.1 Å². The average molecular weight is 307 g/mol. The van der Waals surface area contributed by atoms with Crippen LogP contribution >= 0.6 is 0 Å². The number of pyridine rings is 1. The van der Waals surface area contributed by atoms with Crippen molar-refractivity contribution in [2.24, 2.45) is 11.7 Å². The van der Waals surface area contributed by atoms with Crippen molar-refractivity contribution in [2.75, 3.05) is 11.9 Å². The molecule has 7 heteroatoms. The standard InChI is InChI=1S/C15H25N5O2/c1-11(2)13(18-12-7-4-5-9-17-12)20(22)19-10-6-8-15(19,3)14(16)21/h4-5,7,9,11,13,20H,6,8,10H2,1-3H3,(H2,16,21)(H,17,18). The maximum Gasteiger partial charge on any atom is 0.243 e. The van der Waals surface area contributed by atoms with E-state index in [9.17, 15) is 10.0 Å². The van der Waals surface area contributed by atoms with Gasteiger partial charge in [-0.15, -0.1) is 5.01 Å². The van der Waals surface area contributed by atoms with Crippen molar-refractivity contribution in [3.63, 3.8) is 0 Å². The number of nitrogens with one attached hydrogen (secondary N) is 2. The number of primary amides is 1. The Morgan fingerprint density at radius 3 is 2.82 bits per heavy atom. The third-order valence-electron chi connectivity index (χ3n) is 4.34. The van der Waals surface area contributed by atoms with Gasteiger partial charge in [0.05, 0.1) is 0 Å². The van der Waals surface area contributed by atoms with E-state index in [0.717, 1.165) is 6.42 Å². The molecule has 0 saturated carbocycles. The van der Waals surface area contributed by atoms with Gasteiger partial charge in [-0.05, 0) is 31.9 Å². The van der Waals surface area contributed by atoms with Crippen molar-refractivity contribution in [1.82, 2.24) is 9.99 Å². The molecule has 1 aliphatic rings. The van der Waals surface area contributed by atoms with E-state index >= 15 is 0 Å². The predicted molar refractivity (Wildman–Crippen MR) is 84.4 cm³/mol. The van der Waals surface area contributed by atoms with E-state index in [1.165, 1.54) is 0 Å². The van der Waals surface area contributed by atoms with E-state index in [-0.39, 0.29) is 11.1 Å². The summed E-state index contributed by atoms with van der Waals surface area (Å²) in [5.41, 5.74) is 4.63. The molecule has 2 rings (SSSR count). The average Bonchev–Trinajstić information content (AvgIpc) is 2.88. The fourth-order valence-electron chi connectivity index (χ4n) is 2.86. The maximum absolute atomic E-state index is 12.9. The van der Waals surface area contributed by atoms with E-state index in [2.05, 4.69) is 10.3 Å². The quantitative estimate of drug-likeness (QED) is 0.512. The minimum absolute atomic E-state index is 0.0623. The summed E-state index contributed by atoms with van der Waals surface area (Å²) in [5.74, 6) is 0.264. The summed E-state index contributed by atoms with van der Waals surface area (Å²) < 4.78 is 0. The van der Waals surface area contributed by atoms with Crippen LogP contribution in [0.4, 0.5) is 5.82 Å². The van der Waals surface area contributed by atoms with Crippen LogP contribution < -0.4 is 16.2 Å². The highest BCUT2D eigenvalue weighted by molar-refractivity contribution is 5.84. The lowest BCUT2D eigenvalue weighted by Crippen LogP contribution is -3.20. The van der Waals surface area contributed by atoms with Crippen LogP contribution in [0.2, 0.25) is 0 Å². The monoisotopic (exact) mass is 307 g/mol. The molecule has 3 unspecified atom stereocenters. The molecule has 0 aliphatic carbocycles. The summed E-state index contributed by atoms with van der Waals surface area (Å²) in [4.78, 5) is 16.0. The van der Waals surface area contributed by atoms with Crippen LogP contribution in [-0.2, 0) is 4.79 Å². The van der Waals surface area contributed by atoms with E-state index < -0.39 is 17.6 Å². The minimum Gasteiger partial charge on any atom is -0.611 e. The topological polar surface area (TPSA) is 98.8 Å². The maximum atomic E-state index is 12.9. The van der Waals surface area contributed by atoms with Crippen molar-refractivity contribution >= 4 is 11.7 Å². The minimum atomic E-state index is -0.893. The van der Waals surface area contributed by atoms with Gasteiger partial charge in [-0.1, -0.05) is 19.9 Å². The molecule has 122 valence electrons. The van der Waals surface area contributed by atoms with Crippen LogP contribution in [0.3, 0.4) is 0 Å². The summed E-state index contributed by atoms with van der Waals surface area (Å²) >= 11 is 0. The summed E-state index contributed by atoms with van der Waals surface area (Å²) in [6.45, 7) is 6.25. The number of rotatable bonds is 6. The van der Waals surface area contributed by atoms with E-state index in [1.807, 2.05) is 32.0 Å². The van der Waals surface area contributed by atoms with Crippen molar-refractivity contribution in [3.05, 3.63) is 29.6 Å². The number of aromatic nitrogens is 1. The molecule has 0 radical (unpaired) electrons. The summed E-state index contributed by atoms with van der Waals surface area (Å²) in [7, 11) is 0. The predicted octanol–water partition coefficient (Wildman–Crippen LogP) is 0.113. The molecule has 1 saturated heterocycles. The first kappa shape index (κ1) is 16.7. The van der Waals surface area contributed by atoms with Crippen LogP contribution in [0.5, 0.6) is 0 Å². The summed E-state index contributed by atoms with van der Waals surface area (Å²) in [6, 6.07) is 5.50. The number of carbonyl (C=O) groups excluding carboxylic acids is 1. The second-order valence-electron chi connectivity index (χ2n) is 6.31. The summed E-state index contributed by atoms with van der Waals surface area (Å²) in [5, 5.41) is 17.6. The number of anilines is 1. The van der Waals surface area contributed by atoms with Crippen molar-refractivity contribution in [1.29, 1.82) is 0 Å². The van der Waals surface area contributed by atoms with Crippen LogP contribution in [0.15, 0.2) is 24.4 Å². The van der Waals surface area contributed by atoms with Crippen molar-refractivity contribution in [3.8, 4) is 0 Å². The number of nitrogens with zero attached hydrogens (tertiary/aromatic N) is 2. The molecule has 1 fully saturated rings. The molecule has 1 amide bonds. The Balaban J connectivity index is 2.19. The lowest BCUT2D eigenvalue weighted by atomic mass is 9.99. The lowest BCUT2D eigenvalue weighted by Gasteiger charge is -2.44. The molecule has 22 heavy (non-hydrogen) atoms. The van der Waals surface area contributed by atoms with Gasteiger partial charge in [0.2, 0.25) is 5.91 Å². The first-order valence-electron chi connectivity index (χ1n) is 7.65. The smallest absolute Gasteiger partial charge is 0.243 e. The molecular formula is C15H25N5O2. The second kappa shape index (κ2) is 6.60. The largest absolute Gasteiger partial charge is 0.611 e. The molecule has 1 aromatic heterocycles. The zero-order chi connectivity index (χ0) is 16.3. The highest BCUT2D eigenvalue weighted by Crippen LogP contribution is 2.25. The molecule has 3 atom stereocenters. The molecule has 0 aromatic carbocycles. The van der Waals surface area contributed by atoms with Gasteiger partial charge >= 0.3 is 0 Å². The fourth-order valence-corrected chi connectivity index (χ4v) is 2.86. The van der Waals surface area contributed by atoms with E-state index in [0.29, 0.717) is 18.8 Å². The normalized spacial score (nSPS) is 25.1. The molecule has 4 N–H and O–H groups in total. The third-order valence-corrected chi connectivity index (χ3v) is 4.34. The highest BCUT2D eigenvalue weighted by atomic mass is 16.6. The molecular weight excluding hydrogens is 282 g/mol. The zero-order valence-corrected chi connectivity index (χ0v) is 13.4. The van der Waals surface area contributed by atoms with Crippen LogP contribution in [0.1, 0.15) is 33.6 Å². The number of quaternary nitrogens is 1. The molecule has 1 aromatic rings. The van der Waals surface area contributed by atoms with Gasteiger partial charge in [0.25, 0.3) is 0 Å². The molecule has 1 aliphatic heterocycles. The molecule has 0 spiro atoms. The Labute approximate surface area is 131 Å². The van der Waals surface area contributed by atoms with Gasteiger partial charge in [-0.25, -0.2) is 4.98 Å².